The van der Waals surface area contributed by atoms with Crippen LogP contribution in [0.25, 0.3) is 0 Å². The van der Waals surface area contributed by atoms with E-state index in [1.165, 1.54) is 28.6 Å². The van der Waals surface area contributed by atoms with E-state index in [1.54, 1.807) is 6.92 Å². The van der Waals surface area contributed by atoms with E-state index < -0.39 is 15.6 Å². The quantitative estimate of drug-likeness (QED) is 0.810. The lowest BCUT2D eigenvalue weighted by molar-refractivity contribution is 0.0762. The van der Waals surface area contributed by atoms with Crippen molar-refractivity contribution in [3.63, 3.8) is 0 Å². The highest BCUT2D eigenvalue weighted by Crippen LogP contribution is 2.27. The summed E-state index contributed by atoms with van der Waals surface area (Å²) < 4.78 is 25.6. The Hall–Kier alpha value is -1.11. The second kappa shape index (κ2) is 3.97. The summed E-state index contributed by atoms with van der Waals surface area (Å²) in [5.41, 5.74) is -0.954. The smallest absolute Gasteiger partial charge is 0.243 e. The zero-order chi connectivity index (χ0) is 12.7. The second-order valence-electron chi connectivity index (χ2n) is 4.58. The Bertz CT molecular complexity index is 507. The summed E-state index contributed by atoms with van der Waals surface area (Å²) in [4.78, 5) is 0.132. The molecule has 2 rings (SSSR count). The lowest BCUT2D eigenvalue weighted by atomic mass is 10.1. The summed E-state index contributed by atoms with van der Waals surface area (Å²) >= 11 is 0. The van der Waals surface area contributed by atoms with Gasteiger partial charge in [-0.15, -0.1) is 0 Å². The number of hydrogen-bond donors (Lipinski definition) is 2. The van der Waals surface area contributed by atoms with Gasteiger partial charge in [-0.3, -0.25) is 0 Å². The van der Waals surface area contributed by atoms with Crippen molar-refractivity contribution in [1.82, 2.24) is 4.31 Å². The van der Waals surface area contributed by atoms with E-state index in [9.17, 15) is 13.5 Å². The third-order valence-electron chi connectivity index (χ3n) is 2.89. The Morgan fingerprint density at radius 3 is 2.35 bits per heavy atom. The van der Waals surface area contributed by atoms with E-state index in [-0.39, 0.29) is 17.2 Å². The Morgan fingerprint density at radius 2 is 1.88 bits per heavy atom. The molecule has 1 atom stereocenters. The van der Waals surface area contributed by atoms with Gasteiger partial charge in [-0.25, -0.2) is 8.42 Å². The Labute approximate surface area is 100 Å². The predicted molar refractivity (Wildman–Crippen MR) is 62.1 cm³/mol. The van der Waals surface area contributed by atoms with Crippen molar-refractivity contribution in [1.29, 1.82) is 0 Å². The topological polar surface area (TPSA) is 77.8 Å². The highest BCUT2D eigenvalue weighted by atomic mass is 32.2. The average Bonchev–Trinajstić information content (AvgIpc) is 2.60. The number of rotatable bonds is 2. The summed E-state index contributed by atoms with van der Waals surface area (Å²) in [7, 11) is -3.56. The molecule has 2 N–H and O–H groups in total. The van der Waals surface area contributed by atoms with Gasteiger partial charge < -0.3 is 10.2 Å². The largest absolute Gasteiger partial charge is 0.508 e. The third kappa shape index (κ3) is 2.43. The molecular weight excluding hydrogens is 242 g/mol. The molecule has 0 bridgehead atoms. The highest BCUT2D eigenvalue weighted by Gasteiger charge is 2.38. The molecule has 1 aromatic carbocycles. The third-order valence-corrected chi connectivity index (χ3v) is 4.75. The molecule has 1 heterocycles. The number of nitrogens with zero attached hydrogens (tertiary/aromatic N) is 1. The van der Waals surface area contributed by atoms with Crippen LogP contribution in [0.3, 0.4) is 0 Å². The molecule has 0 saturated carbocycles. The molecule has 1 aromatic rings. The molecule has 1 fully saturated rings. The van der Waals surface area contributed by atoms with Gasteiger partial charge in [-0.1, -0.05) is 0 Å². The molecule has 1 aliphatic heterocycles. The number of phenols is 1. The molecule has 0 aliphatic carbocycles. The Kier molecular flexibility index (Phi) is 2.89. The minimum Gasteiger partial charge on any atom is -0.508 e. The number of β-amino-alcohol motifs (C(OH)–C–C–N with tert-alkyl or cyclic N) is 1. The van der Waals surface area contributed by atoms with Crippen LogP contribution in [0.5, 0.6) is 5.75 Å². The zero-order valence-corrected chi connectivity index (χ0v) is 10.3. The van der Waals surface area contributed by atoms with Crippen LogP contribution >= 0.6 is 0 Å². The van der Waals surface area contributed by atoms with Crippen LogP contribution in [0.1, 0.15) is 13.3 Å². The molecule has 17 heavy (non-hydrogen) atoms. The Morgan fingerprint density at radius 1 is 1.29 bits per heavy atom. The first-order valence-electron chi connectivity index (χ1n) is 5.33. The van der Waals surface area contributed by atoms with Crippen molar-refractivity contribution in [2.45, 2.75) is 23.8 Å². The van der Waals surface area contributed by atoms with Crippen LogP contribution in [0.4, 0.5) is 0 Å². The number of hydrogen-bond acceptors (Lipinski definition) is 4. The molecule has 1 unspecified atom stereocenters. The highest BCUT2D eigenvalue weighted by molar-refractivity contribution is 7.89. The maximum atomic E-state index is 12.2. The summed E-state index contributed by atoms with van der Waals surface area (Å²) in [6, 6.07) is 5.39. The molecule has 1 saturated heterocycles. The van der Waals surface area contributed by atoms with Crippen molar-refractivity contribution < 1.29 is 18.6 Å². The Balaban J connectivity index is 2.29. The SMILES string of the molecule is CC1(O)CCN(S(=O)(=O)c2ccc(O)cc2)C1. The van der Waals surface area contributed by atoms with Gasteiger partial charge in [0.1, 0.15) is 5.75 Å². The van der Waals surface area contributed by atoms with Gasteiger partial charge in [0.05, 0.1) is 10.5 Å². The maximum Gasteiger partial charge on any atom is 0.243 e. The van der Waals surface area contributed by atoms with Crippen LogP contribution in [0.15, 0.2) is 29.2 Å². The molecule has 0 aromatic heterocycles. The van der Waals surface area contributed by atoms with Crippen molar-refractivity contribution in [2.24, 2.45) is 0 Å². The predicted octanol–water partition coefficient (Wildman–Crippen LogP) is 0.538. The number of sulfonamides is 1. The first-order valence-corrected chi connectivity index (χ1v) is 6.77. The average molecular weight is 257 g/mol. The molecule has 5 nitrogen and oxygen atoms in total. The van der Waals surface area contributed by atoms with Crippen LogP contribution in [-0.4, -0.2) is 41.6 Å². The van der Waals surface area contributed by atoms with Gasteiger partial charge in [-0.2, -0.15) is 4.31 Å². The minimum atomic E-state index is -3.56. The van der Waals surface area contributed by atoms with Crippen molar-refractivity contribution in [2.75, 3.05) is 13.1 Å². The summed E-state index contributed by atoms with van der Waals surface area (Å²) in [5, 5.41) is 18.9. The molecule has 6 heteroatoms. The lowest BCUT2D eigenvalue weighted by Gasteiger charge is -2.18. The maximum absolute atomic E-state index is 12.2. The molecular formula is C11H15NO4S. The molecule has 0 amide bonds. The number of benzene rings is 1. The van der Waals surface area contributed by atoms with Crippen LogP contribution in [0, 0.1) is 0 Å². The minimum absolute atomic E-state index is 0.0253. The van der Waals surface area contributed by atoms with E-state index in [0.717, 1.165) is 0 Å². The summed E-state index contributed by atoms with van der Waals surface area (Å²) in [5.74, 6) is 0.0253. The van der Waals surface area contributed by atoms with E-state index in [2.05, 4.69) is 0 Å². The fourth-order valence-corrected chi connectivity index (χ4v) is 3.43. The van der Waals surface area contributed by atoms with Gasteiger partial charge in [0.2, 0.25) is 10.0 Å². The second-order valence-corrected chi connectivity index (χ2v) is 6.52. The van der Waals surface area contributed by atoms with Gasteiger partial charge >= 0.3 is 0 Å². The first-order chi connectivity index (χ1) is 7.81. The number of aliphatic hydroxyl groups is 1. The first kappa shape index (κ1) is 12.3. The lowest BCUT2D eigenvalue weighted by Crippen LogP contribution is -2.33. The number of aromatic hydroxyl groups is 1. The van der Waals surface area contributed by atoms with E-state index >= 15 is 0 Å². The zero-order valence-electron chi connectivity index (χ0n) is 9.50. The molecule has 94 valence electrons. The summed E-state index contributed by atoms with van der Waals surface area (Å²) in [6.45, 7) is 2.05. The van der Waals surface area contributed by atoms with Gasteiger partial charge in [0, 0.05) is 13.1 Å². The molecule has 1 aliphatic rings. The van der Waals surface area contributed by atoms with Crippen molar-refractivity contribution >= 4 is 10.0 Å². The normalized spacial score (nSPS) is 26.2. The fraction of sp³-hybridized carbons (Fsp3) is 0.455. The summed E-state index contributed by atoms with van der Waals surface area (Å²) in [6.07, 6.45) is 0.435. The molecule has 0 radical (unpaired) electrons. The molecule has 0 spiro atoms. The van der Waals surface area contributed by atoms with Crippen molar-refractivity contribution in [3.05, 3.63) is 24.3 Å². The van der Waals surface area contributed by atoms with Gasteiger partial charge in [-0.05, 0) is 37.6 Å². The van der Waals surface area contributed by atoms with Crippen LogP contribution in [0.2, 0.25) is 0 Å². The van der Waals surface area contributed by atoms with E-state index in [0.29, 0.717) is 13.0 Å². The van der Waals surface area contributed by atoms with Gasteiger partial charge in [0.15, 0.2) is 0 Å². The van der Waals surface area contributed by atoms with Crippen LogP contribution in [-0.2, 0) is 10.0 Å². The van der Waals surface area contributed by atoms with Crippen molar-refractivity contribution in [3.8, 4) is 5.75 Å². The standard InChI is InChI=1S/C11H15NO4S/c1-11(14)6-7-12(8-11)17(15,16)10-4-2-9(13)3-5-10/h2-5,13-14H,6-8H2,1H3. The van der Waals surface area contributed by atoms with Crippen LogP contribution < -0.4 is 0 Å². The van der Waals surface area contributed by atoms with E-state index in [4.69, 9.17) is 5.11 Å². The number of phenolic OH excluding ortho intramolecular Hbond substituents is 1. The van der Waals surface area contributed by atoms with Gasteiger partial charge in [0.25, 0.3) is 0 Å². The fourth-order valence-electron chi connectivity index (χ4n) is 1.88. The monoisotopic (exact) mass is 257 g/mol. The van der Waals surface area contributed by atoms with E-state index in [1.807, 2.05) is 0 Å².